The molecule has 1 saturated heterocycles. The van der Waals surface area contributed by atoms with Crippen LogP contribution in [0.4, 0.5) is 0 Å². The molecule has 5 heteroatoms. The maximum Gasteiger partial charge on any atom is 0.235 e. The summed E-state index contributed by atoms with van der Waals surface area (Å²) in [5.74, 6) is 0.757. The van der Waals surface area contributed by atoms with E-state index in [0.717, 1.165) is 42.0 Å². The first-order valence-corrected chi connectivity index (χ1v) is 7.10. The van der Waals surface area contributed by atoms with Crippen LogP contribution in [0.1, 0.15) is 17.7 Å². The first-order valence-electron chi connectivity index (χ1n) is 6.29. The van der Waals surface area contributed by atoms with E-state index in [1.807, 2.05) is 0 Å². The number of fused-ring (bicyclic) bond motifs is 1. The number of thiophene rings is 1. The van der Waals surface area contributed by atoms with Gasteiger partial charge < -0.3 is 9.64 Å². The van der Waals surface area contributed by atoms with Crippen molar-refractivity contribution in [1.29, 1.82) is 0 Å². The van der Waals surface area contributed by atoms with Crippen molar-refractivity contribution < 1.29 is 4.74 Å². The highest BCUT2D eigenvalue weighted by molar-refractivity contribution is 7.19. The number of piperidine rings is 1. The van der Waals surface area contributed by atoms with E-state index >= 15 is 0 Å². The van der Waals surface area contributed by atoms with Crippen LogP contribution in [0, 0.1) is 6.92 Å². The summed E-state index contributed by atoms with van der Waals surface area (Å²) in [6.07, 6.45) is 4.04. The summed E-state index contributed by atoms with van der Waals surface area (Å²) in [5.41, 5.74) is 0.996. The van der Waals surface area contributed by atoms with Crippen molar-refractivity contribution in [3.63, 3.8) is 0 Å². The van der Waals surface area contributed by atoms with Gasteiger partial charge >= 0.3 is 0 Å². The van der Waals surface area contributed by atoms with Crippen LogP contribution < -0.4 is 4.74 Å². The van der Waals surface area contributed by atoms with Crippen LogP contribution in [0.15, 0.2) is 12.4 Å². The molecule has 3 rings (SSSR count). The van der Waals surface area contributed by atoms with Gasteiger partial charge in [0.05, 0.1) is 5.52 Å². The Kier molecular flexibility index (Phi) is 3.18. The van der Waals surface area contributed by atoms with Gasteiger partial charge in [-0.05, 0) is 32.9 Å². The SMILES string of the molecule is Cc1cc2ncnc(OC3CCN(C)CC3)c2s1. The van der Waals surface area contributed by atoms with Crippen LogP contribution in [0.3, 0.4) is 0 Å². The number of likely N-dealkylation sites (tertiary alicyclic amines) is 1. The van der Waals surface area contributed by atoms with Crippen LogP contribution in [-0.2, 0) is 0 Å². The Labute approximate surface area is 111 Å². The number of aromatic nitrogens is 2. The molecule has 0 aromatic carbocycles. The maximum atomic E-state index is 6.06. The molecule has 1 fully saturated rings. The Morgan fingerprint density at radius 2 is 2.11 bits per heavy atom. The smallest absolute Gasteiger partial charge is 0.235 e. The second kappa shape index (κ2) is 4.82. The lowest BCUT2D eigenvalue weighted by molar-refractivity contribution is 0.111. The molecular weight excluding hydrogens is 246 g/mol. The molecule has 18 heavy (non-hydrogen) atoms. The third-order valence-corrected chi connectivity index (χ3v) is 4.37. The highest BCUT2D eigenvalue weighted by atomic mass is 32.1. The van der Waals surface area contributed by atoms with Crippen molar-refractivity contribution in [2.75, 3.05) is 20.1 Å². The van der Waals surface area contributed by atoms with Crippen molar-refractivity contribution in [2.24, 2.45) is 0 Å². The van der Waals surface area contributed by atoms with Crippen molar-refractivity contribution >= 4 is 21.6 Å². The average molecular weight is 263 g/mol. The van der Waals surface area contributed by atoms with Crippen LogP contribution in [0.5, 0.6) is 5.88 Å². The van der Waals surface area contributed by atoms with E-state index in [4.69, 9.17) is 4.74 Å². The molecule has 0 unspecified atom stereocenters. The van der Waals surface area contributed by atoms with E-state index in [0.29, 0.717) is 6.10 Å². The monoisotopic (exact) mass is 263 g/mol. The molecular formula is C13H17N3OS. The standard InChI is InChI=1S/C13H17N3OS/c1-9-7-11-12(18-9)13(15-8-14-11)17-10-3-5-16(2)6-4-10/h7-8,10H,3-6H2,1-2H3. The normalized spacial score (nSPS) is 18.3. The third-order valence-electron chi connectivity index (χ3n) is 3.35. The zero-order valence-electron chi connectivity index (χ0n) is 10.7. The number of aryl methyl sites for hydroxylation is 1. The Hall–Kier alpha value is -1.20. The largest absolute Gasteiger partial charge is 0.473 e. The van der Waals surface area contributed by atoms with Crippen LogP contribution in [-0.4, -0.2) is 41.1 Å². The molecule has 0 amide bonds. The first-order chi connectivity index (χ1) is 8.72. The number of hydrogen-bond donors (Lipinski definition) is 0. The fraction of sp³-hybridized carbons (Fsp3) is 0.538. The lowest BCUT2D eigenvalue weighted by Gasteiger charge is -2.28. The van der Waals surface area contributed by atoms with Crippen LogP contribution in [0.25, 0.3) is 10.2 Å². The van der Waals surface area contributed by atoms with Crippen molar-refractivity contribution in [3.05, 3.63) is 17.3 Å². The summed E-state index contributed by atoms with van der Waals surface area (Å²) >= 11 is 1.71. The van der Waals surface area contributed by atoms with E-state index < -0.39 is 0 Å². The molecule has 0 aliphatic carbocycles. The van der Waals surface area contributed by atoms with E-state index in [2.05, 4.69) is 34.9 Å². The summed E-state index contributed by atoms with van der Waals surface area (Å²) in [4.78, 5) is 12.2. The molecule has 3 heterocycles. The summed E-state index contributed by atoms with van der Waals surface area (Å²) in [6, 6.07) is 2.09. The quantitative estimate of drug-likeness (QED) is 0.834. The second-order valence-corrected chi connectivity index (χ2v) is 6.13. The second-order valence-electron chi connectivity index (χ2n) is 4.87. The molecule has 2 aromatic rings. The van der Waals surface area contributed by atoms with E-state index in [9.17, 15) is 0 Å². The van der Waals surface area contributed by atoms with Gasteiger partial charge in [-0.3, -0.25) is 0 Å². The molecule has 4 nitrogen and oxygen atoms in total. The fourth-order valence-corrected chi connectivity index (χ4v) is 3.19. The predicted octanol–water partition coefficient (Wildman–Crippen LogP) is 2.47. The molecule has 0 atom stereocenters. The lowest BCUT2D eigenvalue weighted by atomic mass is 10.1. The Morgan fingerprint density at radius 3 is 2.89 bits per heavy atom. The van der Waals surface area contributed by atoms with Crippen molar-refractivity contribution in [2.45, 2.75) is 25.9 Å². The third kappa shape index (κ3) is 2.33. The van der Waals surface area contributed by atoms with E-state index in [-0.39, 0.29) is 0 Å². The van der Waals surface area contributed by atoms with E-state index in [1.165, 1.54) is 4.88 Å². The number of rotatable bonds is 2. The molecule has 2 aromatic heterocycles. The molecule has 0 spiro atoms. The maximum absolute atomic E-state index is 6.06. The minimum Gasteiger partial charge on any atom is -0.473 e. The molecule has 96 valence electrons. The van der Waals surface area contributed by atoms with Gasteiger partial charge in [0.25, 0.3) is 0 Å². The number of nitrogens with zero attached hydrogens (tertiary/aromatic N) is 3. The minimum atomic E-state index is 0.293. The van der Waals surface area contributed by atoms with Gasteiger partial charge in [-0.1, -0.05) is 0 Å². The summed E-state index contributed by atoms with van der Waals surface area (Å²) < 4.78 is 7.14. The summed E-state index contributed by atoms with van der Waals surface area (Å²) in [5, 5.41) is 0. The molecule has 0 radical (unpaired) electrons. The summed E-state index contributed by atoms with van der Waals surface area (Å²) in [6.45, 7) is 4.29. The minimum absolute atomic E-state index is 0.293. The topological polar surface area (TPSA) is 38.3 Å². The van der Waals surface area contributed by atoms with E-state index in [1.54, 1.807) is 17.7 Å². The Bertz CT molecular complexity index is 546. The van der Waals surface area contributed by atoms with Gasteiger partial charge in [-0.2, -0.15) is 0 Å². The summed E-state index contributed by atoms with van der Waals surface area (Å²) in [7, 11) is 2.15. The van der Waals surface area contributed by atoms with Crippen molar-refractivity contribution in [3.8, 4) is 5.88 Å². The van der Waals surface area contributed by atoms with Gasteiger partial charge in [0.1, 0.15) is 17.1 Å². The van der Waals surface area contributed by atoms with Gasteiger partial charge in [0.2, 0.25) is 5.88 Å². The van der Waals surface area contributed by atoms with Gasteiger partial charge in [0.15, 0.2) is 0 Å². The fourth-order valence-electron chi connectivity index (χ4n) is 2.30. The Balaban J connectivity index is 1.82. The van der Waals surface area contributed by atoms with Crippen molar-refractivity contribution in [1.82, 2.24) is 14.9 Å². The van der Waals surface area contributed by atoms with Gasteiger partial charge in [0, 0.05) is 18.0 Å². The average Bonchev–Trinajstić information content (AvgIpc) is 2.73. The lowest BCUT2D eigenvalue weighted by Crippen LogP contribution is -2.35. The van der Waals surface area contributed by atoms with Crippen LogP contribution in [0.2, 0.25) is 0 Å². The zero-order valence-corrected chi connectivity index (χ0v) is 11.5. The number of ether oxygens (including phenoxy) is 1. The Morgan fingerprint density at radius 1 is 1.33 bits per heavy atom. The molecule has 1 aliphatic rings. The predicted molar refractivity (Wildman–Crippen MR) is 73.3 cm³/mol. The zero-order chi connectivity index (χ0) is 12.5. The highest BCUT2D eigenvalue weighted by Gasteiger charge is 2.20. The highest BCUT2D eigenvalue weighted by Crippen LogP contribution is 2.31. The molecule has 0 bridgehead atoms. The number of hydrogen-bond acceptors (Lipinski definition) is 5. The molecule has 1 aliphatic heterocycles. The van der Waals surface area contributed by atoms with Gasteiger partial charge in [-0.15, -0.1) is 11.3 Å². The van der Waals surface area contributed by atoms with Gasteiger partial charge in [-0.25, -0.2) is 9.97 Å². The first kappa shape index (κ1) is 11.9. The molecule has 0 saturated carbocycles. The molecule has 0 N–H and O–H groups in total. The van der Waals surface area contributed by atoms with Crippen LogP contribution >= 0.6 is 11.3 Å².